The van der Waals surface area contributed by atoms with Gasteiger partial charge in [-0.3, -0.25) is 14.3 Å². The number of aromatic amines is 1. The molecule has 0 aliphatic carbocycles. The molecule has 12 heteroatoms. The number of H-pyrrole nitrogens is 1. The minimum Gasteiger partial charge on any atom is -0.394 e. The number of ether oxygens (including phenoxy) is 1. The molecule has 24 heavy (non-hydrogen) atoms. The van der Waals surface area contributed by atoms with Crippen molar-refractivity contribution in [2.75, 3.05) is 6.61 Å². The second kappa shape index (κ2) is 6.24. The standard InChI is InChI=1S/C12H14FN5O6/c13-6-3-17(12(23)14-10(6)22)1-5-2-18(16-15-5)11-9(21)8(20)7(4-19)24-11/h2-3,7-9,11,19-21H,1,4H2,(H,14,22,23)/t7-,8-,9-,11-/m1/s1. The number of rotatable bonds is 4. The zero-order valence-corrected chi connectivity index (χ0v) is 12.1. The molecule has 0 unspecified atom stereocenters. The maximum absolute atomic E-state index is 13.2. The number of nitrogens with zero attached hydrogens (tertiary/aromatic N) is 4. The highest BCUT2D eigenvalue weighted by atomic mass is 19.1. The summed E-state index contributed by atoms with van der Waals surface area (Å²) >= 11 is 0. The first-order chi connectivity index (χ1) is 11.4. The van der Waals surface area contributed by atoms with Crippen molar-refractivity contribution in [1.82, 2.24) is 24.5 Å². The van der Waals surface area contributed by atoms with Crippen LogP contribution in [0.5, 0.6) is 0 Å². The van der Waals surface area contributed by atoms with Crippen LogP contribution in [0.3, 0.4) is 0 Å². The lowest BCUT2D eigenvalue weighted by Crippen LogP contribution is -2.33. The highest BCUT2D eigenvalue weighted by Crippen LogP contribution is 2.28. The lowest BCUT2D eigenvalue weighted by atomic mass is 10.1. The fourth-order valence-electron chi connectivity index (χ4n) is 2.38. The van der Waals surface area contributed by atoms with Gasteiger partial charge in [0.05, 0.1) is 25.5 Å². The summed E-state index contributed by atoms with van der Waals surface area (Å²) in [6, 6.07) is 0. The molecule has 1 aliphatic heterocycles. The number of hydrogen-bond donors (Lipinski definition) is 4. The Morgan fingerprint density at radius 3 is 2.71 bits per heavy atom. The van der Waals surface area contributed by atoms with Crippen LogP contribution in [0.1, 0.15) is 11.9 Å². The van der Waals surface area contributed by atoms with Crippen molar-refractivity contribution in [1.29, 1.82) is 0 Å². The topological polar surface area (TPSA) is 155 Å². The fraction of sp³-hybridized carbons (Fsp3) is 0.500. The summed E-state index contributed by atoms with van der Waals surface area (Å²) in [7, 11) is 0. The van der Waals surface area contributed by atoms with Crippen molar-refractivity contribution >= 4 is 0 Å². The predicted octanol–water partition coefficient (Wildman–Crippen LogP) is -3.07. The van der Waals surface area contributed by atoms with Crippen LogP contribution in [0.25, 0.3) is 0 Å². The fourth-order valence-corrected chi connectivity index (χ4v) is 2.38. The van der Waals surface area contributed by atoms with Crippen molar-refractivity contribution in [2.24, 2.45) is 0 Å². The average Bonchev–Trinajstić information content (AvgIpc) is 3.11. The Hall–Kier alpha value is -2.41. The molecule has 0 aromatic carbocycles. The number of aliphatic hydroxyl groups is 3. The van der Waals surface area contributed by atoms with E-state index in [4.69, 9.17) is 9.84 Å². The SMILES string of the molecule is O=c1[nH]c(=O)n(Cc2cn([C@@H]3O[C@H](CO)[C@@H](O)[C@H]3O)nn2)cc1F. The van der Waals surface area contributed by atoms with Crippen LogP contribution in [-0.2, 0) is 11.3 Å². The quantitative estimate of drug-likeness (QED) is 0.456. The molecule has 0 spiro atoms. The Balaban J connectivity index is 1.81. The molecule has 11 nitrogen and oxygen atoms in total. The highest BCUT2D eigenvalue weighted by molar-refractivity contribution is 4.98. The normalized spacial score (nSPS) is 26.8. The minimum absolute atomic E-state index is 0.179. The molecule has 0 radical (unpaired) electrons. The Kier molecular flexibility index (Phi) is 4.28. The van der Waals surface area contributed by atoms with E-state index in [-0.39, 0.29) is 12.2 Å². The summed E-state index contributed by atoms with van der Waals surface area (Å²) in [6.07, 6.45) is -2.58. The largest absolute Gasteiger partial charge is 0.394 e. The van der Waals surface area contributed by atoms with Crippen LogP contribution < -0.4 is 11.2 Å². The first-order valence-electron chi connectivity index (χ1n) is 6.93. The van der Waals surface area contributed by atoms with Crippen molar-refractivity contribution in [2.45, 2.75) is 31.1 Å². The third-order valence-electron chi connectivity index (χ3n) is 3.64. The van der Waals surface area contributed by atoms with Gasteiger partial charge in [-0.2, -0.15) is 4.39 Å². The maximum Gasteiger partial charge on any atom is 0.328 e. The van der Waals surface area contributed by atoms with Crippen molar-refractivity contribution in [3.63, 3.8) is 0 Å². The molecular formula is C12H14FN5O6. The Morgan fingerprint density at radius 1 is 1.29 bits per heavy atom. The van der Waals surface area contributed by atoms with Gasteiger partial charge in [-0.1, -0.05) is 5.21 Å². The summed E-state index contributed by atoms with van der Waals surface area (Å²) < 4.78 is 20.5. The van der Waals surface area contributed by atoms with E-state index in [1.54, 1.807) is 0 Å². The van der Waals surface area contributed by atoms with Crippen LogP contribution in [0, 0.1) is 5.82 Å². The molecule has 0 amide bonds. The van der Waals surface area contributed by atoms with Crippen LogP contribution in [0.4, 0.5) is 4.39 Å². The van der Waals surface area contributed by atoms with Crippen LogP contribution in [0.2, 0.25) is 0 Å². The molecule has 4 atom stereocenters. The van der Waals surface area contributed by atoms with Gasteiger partial charge in [0, 0.05) is 0 Å². The summed E-state index contributed by atoms with van der Waals surface area (Å²) in [6.45, 7) is -0.663. The molecule has 1 fully saturated rings. The Morgan fingerprint density at radius 2 is 2.04 bits per heavy atom. The van der Waals surface area contributed by atoms with Gasteiger partial charge in [0.2, 0.25) is 5.82 Å². The molecule has 0 saturated carbocycles. The molecule has 1 saturated heterocycles. The van der Waals surface area contributed by atoms with E-state index < -0.39 is 48.2 Å². The van der Waals surface area contributed by atoms with Gasteiger partial charge in [-0.25, -0.2) is 9.48 Å². The van der Waals surface area contributed by atoms with Gasteiger partial charge < -0.3 is 20.1 Å². The van der Waals surface area contributed by atoms with Gasteiger partial charge in [-0.15, -0.1) is 5.10 Å². The zero-order chi connectivity index (χ0) is 17.4. The second-order valence-electron chi connectivity index (χ2n) is 5.28. The van der Waals surface area contributed by atoms with Crippen molar-refractivity contribution in [3.8, 4) is 0 Å². The number of halogens is 1. The van der Waals surface area contributed by atoms with Crippen molar-refractivity contribution < 1.29 is 24.4 Å². The van der Waals surface area contributed by atoms with Crippen LogP contribution in [-0.4, -0.2) is 64.8 Å². The number of hydrogen-bond acceptors (Lipinski definition) is 8. The van der Waals surface area contributed by atoms with E-state index in [9.17, 15) is 24.2 Å². The molecule has 1 aliphatic rings. The molecule has 4 N–H and O–H groups in total. The van der Waals surface area contributed by atoms with Crippen molar-refractivity contribution in [3.05, 3.63) is 44.7 Å². The molecule has 2 aromatic rings. The predicted molar refractivity (Wildman–Crippen MR) is 73.4 cm³/mol. The third-order valence-corrected chi connectivity index (χ3v) is 3.64. The van der Waals surface area contributed by atoms with E-state index in [0.717, 1.165) is 15.4 Å². The van der Waals surface area contributed by atoms with E-state index in [1.807, 2.05) is 4.98 Å². The number of aromatic nitrogens is 5. The molecule has 3 heterocycles. The molecule has 130 valence electrons. The first kappa shape index (κ1) is 16.4. The maximum atomic E-state index is 13.2. The summed E-state index contributed by atoms with van der Waals surface area (Å²) in [5, 5.41) is 36.2. The second-order valence-corrected chi connectivity index (χ2v) is 5.28. The van der Waals surface area contributed by atoms with E-state index in [0.29, 0.717) is 0 Å². The van der Waals surface area contributed by atoms with E-state index in [2.05, 4.69) is 10.3 Å². The van der Waals surface area contributed by atoms with Gasteiger partial charge in [0.25, 0.3) is 5.56 Å². The van der Waals surface area contributed by atoms with Gasteiger partial charge in [0.1, 0.15) is 24.0 Å². The average molecular weight is 343 g/mol. The smallest absolute Gasteiger partial charge is 0.328 e. The van der Waals surface area contributed by atoms with Crippen LogP contribution >= 0.6 is 0 Å². The van der Waals surface area contributed by atoms with Gasteiger partial charge in [0.15, 0.2) is 6.23 Å². The third kappa shape index (κ3) is 2.87. The number of aliphatic hydroxyl groups excluding tert-OH is 3. The van der Waals surface area contributed by atoms with Gasteiger partial charge >= 0.3 is 5.69 Å². The molecule has 2 aromatic heterocycles. The summed E-state index contributed by atoms with van der Waals surface area (Å²) in [5.74, 6) is -1.12. The van der Waals surface area contributed by atoms with Crippen LogP contribution in [0.15, 0.2) is 22.0 Å². The Labute approximate surface area is 132 Å². The molecular weight excluding hydrogens is 329 g/mol. The summed E-state index contributed by atoms with van der Waals surface area (Å²) in [5.41, 5.74) is -1.71. The lowest BCUT2D eigenvalue weighted by molar-refractivity contribution is -0.0594. The molecule has 0 bridgehead atoms. The lowest BCUT2D eigenvalue weighted by Gasteiger charge is -2.13. The van der Waals surface area contributed by atoms with E-state index in [1.165, 1.54) is 6.20 Å². The van der Waals surface area contributed by atoms with Gasteiger partial charge in [-0.05, 0) is 0 Å². The minimum atomic E-state index is -1.33. The molecule has 3 rings (SSSR count). The zero-order valence-electron chi connectivity index (χ0n) is 12.1. The monoisotopic (exact) mass is 343 g/mol. The first-order valence-corrected chi connectivity index (χ1v) is 6.93. The Bertz CT molecular complexity index is 847. The number of nitrogens with one attached hydrogen (secondary N) is 1. The van der Waals surface area contributed by atoms with E-state index >= 15 is 0 Å². The summed E-state index contributed by atoms with van der Waals surface area (Å²) in [4.78, 5) is 24.4. The highest BCUT2D eigenvalue weighted by Gasteiger charge is 2.43.